The van der Waals surface area contributed by atoms with Crippen molar-refractivity contribution < 1.29 is 4.79 Å². The lowest BCUT2D eigenvalue weighted by Crippen LogP contribution is -2.34. The number of nitrogens with one attached hydrogen (secondary N) is 2. The second-order valence-corrected chi connectivity index (χ2v) is 7.99. The Morgan fingerprint density at radius 2 is 2.15 bits per heavy atom. The van der Waals surface area contributed by atoms with Crippen LogP contribution in [0.2, 0.25) is 0 Å². The lowest BCUT2D eigenvalue weighted by atomic mass is 9.85. The fourth-order valence-corrected chi connectivity index (χ4v) is 4.12. The van der Waals surface area contributed by atoms with Crippen LogP contribution < -0.4 is 10.6 Å². The van der Waals surface area contributed by atoms with Crippen LogP contribution >= 0.6 is 24.2 Å². The number of amides is 1. The highest BCUT2D eigenvalue weighted by Crippen LogP contribution is 2.28. The third-order valence-electron chi connectivity index (χ3n) is 4.87. The van der Waals surface area contributed by atoms with Crippen LogP contribution in [0.3, 0.4) is 0 Å². The summed E-state index contributed by atoms with van der Waals surface area (Å²) < 4.78 is 0. The number of anilines is 1. The van der Waals surface area contributed by atoms with Gasteiger partial charge in [-0.15, -0.1) is 12.4 Å². The Kier molecular flexibility index (Phi) is 8.54. The molecule has 3 rings (SSSR count). The van der Waals surface area contributed by atoms with Gasteiger partial charge >= 0.3 is 0 Å². The fourth-order valence-electron chi connectivity index (χ4n) is 3.31. The summed E-state index contributed by atoms with van der Waals surface area (Å²) in [5, 5.41) is 7.22. The highest BCUT2D eigenvalue weighted by molar-refractivity contribution is 7.99. The molecule has 2 heterocycles. The minimum atomic E-state index is 0. The maximum atomic E-state index is 12.4. The van der Waals surface area contributed by atoms with Crippen LogP contribution in [-0.2, 0) is 4.79 Å². The van der Waals surface area contributed by atoms with Crippen molar-refractivity contribution in [3.8, 4) is 0 Å². The summed E-state index contributed by atoms with van der Waals surface area (Å²) in [4.78, 5) is 22.0. The van der Waals surface area contributed by atoms with Gasteiger partial charge in [0.05, 0.1) is 0 Å². The van der Waals surface area contributed by atoms with Crippen LogP contribution in [0.5, 0.6) is 0 Å². The Hall–Kier alpha value is -1.63. The number of carbonyl (C=O) groups is 1. The van der Waals surface area contributed by atoms with Gasteiger partial charge < -0.3 is 10.6 Å². The van der Waals surface area contributed by atoms with Crippen molar-refractivity contribution in [3.05, 3.63) is 42.2 Å². The molecule has 1 saturated heterocycles. The van der Waals surface area contributed by atoms with Crippen molar-refractivity contribution in [1.82, 2.24) is 15.3 Å². The van der Waals surface area contributed by atoms with Crippen molar-refractivity contribution in [3.63, 3.8) is 0 Å². The summed E-state index contributed by atoms with van der Waals surface area (Å²) in [6.07, 6.45) is 6.47. The van der Waals surface area contributed by atoms with E-state index in [1.807, 2.05) is 19.1 Å². The van der Waals surface area contributed by atoms with Gasteiger partial charge in [-0.05, 0) is 86.3 Å². The molecule has 2 unspecified atom stereocenters. The molecule has 1 aromatic heterocycles. The number of nitrogens with zero attached hydrogens (tertiary/aromatic N) is 2. The van der Waals surface area contributed by atoms with Gasteiger partial charge in [0.15, 0.2) is 5.16 Å². The van der Waals surface area contributed by atoms with Gasteiger partial charge in [0.2, 0.25) is 5.91 Å². The zero-order chi connectivity index (χ0) is 18.4. The highest BCUT2D eigenvalue weighted by atomic mass is 35.5. The average molecular weight is 407 g/mol. The molecule has 2 N–H and O–H groups in total. The molecule has 1 fully saturated rings. The first kappa shape index (κ1) is 21.7. The van der Waals surface area contributed by atoms with Crippen molar-refractivity contribution in [2.24, 2.45) is 11.8 Å². The molecule has 1 aliphatic heterocycles. The highest BCUT2D eigenvalue weighted by Gasteiger charge is 2.22. The van der Waals surface area contributed by atoms with E-state index in [9.17, 15) is 4.79 Å². The second-order valence-electron chi connectivity index (χ2n) is 6.95. The third kappa shape index (κ3) is 6.48. The first-order chi connectivity index (χ1) is 12.6. The van der Waals surface area contributed by atoms with Crippen molar-refractivity contribution in [2.45, 2.75) is 43.2 Å². The largest absolute Gasteiger partial charge is 0.326 e. The molecule has 146 valence electrons. The molecule has 7 heteroatoms. The predicted molar refractivity (Wildman–Crippen MR) is 113 cm³/mol. The molecule has 1 aromatic carbocycles. The number of halogens is 1. The summed E-state index contributed by atoms with van der Waals surface area (Å²) >= 11 is 1.52. The molecular formula is C20H27ClN4OS. The summed E-state index contributed by atoms with van der Waals surface area (Å²) in [6, 6.07) is 7.83. The van der Waals surface area contributed by atoms with Crippen LogP contribution in [0.25, 0.3) is 0 Å². The molecule has 0 spiro atoms. The van der Waals surface area contributed by atoms with Gasteiger partial charge in [-0.25, -0.2) is 9.97 Å². The molecule has 27 heavy (non-hydrogen) atoms. The number of rotatable bonds is 6. The molecular weight excluding hydrogens is 380 g/mol. The third-order valence-corrected chi connectivity index (χ3v) is 5.75. The Labute approximate surface area is 171 Å². The zero-order valence-electron chi connectivity index (χ0n) is 15.8. The van der Waals surface area contributed by atoms with Crippen LogP contribution in [0.15, 0.2) is 46.7 Å². The maximum Gasteiger partial charge on any atom is 0.224 e. The van der Waals surface area contributed by atoms with Gasteiger partial charge in [0, 0.05) is 29.4 Å². The number of aryl methyl sites for hydroxylation is 1. The Balaban J connectivity index is 0.00000261. The van der Waals surface area contributed by atoms with Crippen LogP contribution in [0.4, 0.5) is 5.69 Å². The normalized spacial score (nSPS) is 17.6. The number of benzene rings is 1. The molecule has 2 atom stereocenters. The van der Waals surface area contributed by atoms with Crippen molar-refractivity contribution in [2.75, 3.05) is 18.4 Å². The van der Waals surface area contributed by atoms with E-state index in [0.717, 1.165) is 34.4 Å². The minimum Gasteiger partial charge on any atom is -0.326 e. The van der Waals surface area contributed by atoms with Crippen molar-refractivity contribution in [1.29, 1.82) is 0 Å². The number of hydrogen-bond acceptors (Lipinski definition) is 5. The smallest absolute Gasteiger partial charge is 0.224 e. The lowest BCUT2D eigenvalue weighted by molar-refractivity contribution is -0.117. The zero-order valence-corrected chi connectivity index (χ0v) is 17.4. The molecule has 2 aromatic rings. The molecule has 1 aliphatic rings. The fraction of sp³-hybridized carbons (Fsp3) is 0.450. The van der Waals surface area contributed by atoms with E-state index in [1.54, 1.807) is 18.5 Å². The minimum absolute atomic E-state index is 0. The Morgan fingerprint density at radius 1 is 1.37 bits per heavy atom. The molecule has 5 nitrogen and oxygen atoms in total. The molecule has 0 saturated carbocycles. The van der Waals surface area contributed by atoms with Gasteiger partial charge in [-0.2, -0.15) is 0 Å². The van der Waals surface area contributed by atoms with Gasteiger partial charge in [0.1, 0.15) is 0 Å². The molecule has 0 bridgehead atoms. The van der Waals surface area contributed by atoms with E-state index >= 15 is 0 Å². The summed E-state index contributed by atoms with van der Waals surface area (Å²) in [5.74, 6) is 1.09. The topological polar surface area (TPSA) is 66.9 Å². The molecule has 0 aliphatic carbocycles. The van der Waals surface area contributed by atoms with E-state index in [4.69, 9.17) is 0 Å². The number of carbonyl (C=O) groups excluding carboxylic acids is 1. The molecule has 1 amide bonds. The number of aromatic nitrogens is 2. The van der Waals surface area contributed by atoms with Gasteiger partial charge in [-0.3, -0.25) is 4.79 Å². The maximum absolute atomic E-state index is 12.4. The number of piperidine rings is 1. The monoisotopic (exact) mass is 406 g/mol. The van der Waals surface area contributed by atoms with Crippen LogP contribution in [0.1, 0.15) is 31.7 Å². The Bertz CT molecular complexity index is 738. The average Bonchev–Trinajstić information content (AvgIpc) is 2.65. The van der Waals surface area contributed by atoms with E-state index in [0.29, 0.717) is 18.3 Å². The van der Waals surface area contributed by atoms with E-state index in [-0.39, 0.29) is 18.3 Å². The van der Waals surface area contributed by atoms with E-state index < -0.39 is 0 Å². The van der Waals surface area contributed by atoms with Gasteiger partial charge in [-0.1, -0.05) is 6.92 Å². The number of hydrogen-bond donors (Lipinski definition) is 2. The van der Waals surface area contributed by atoms with Crippen LogP contribution in [-0.4, -0.2) is 29.0 Å². The standard InChI is InChI=1S/C20H26N4OS.ClH/c1-14(16-5-3-8-21-13-16)12-19(25)24-18-7-6-17(11-15(18)2)26-20-22-9-4-10-23-20;/h4,6-7,9-11,14,16,21H,3,5,8,12-13H2,1-2H3,(H,24,25);1H. The summed E-state index contributed by atoms with van der Waals surface area (Å²) in [7, 11) is 0. The quantitative estimate of drug-likeness (QED) is 0.699. The SMILES string of the molecule is Cc1cc(Sc2ncccn2)ccc1NC(=O)CC(C)C1CCCNC1.Cl. The lowest BCUT2D eigenvalue weighted by Gasteiger charge is -2.28. The molecule has 0 radical (unpaired) electrons. The van der Waals surface area contributed by atoms with E-state index in [1.165, 1.54) is 24.6 Å². The van der Waals surface area contributed by atoms with Crippen molar-refractivity contribution >= 4 is 35.8 Å². The first-order valence-electron chi connectivity index (χ1n) is 9.18. The summed E-state index contributed by atoms with van der Waals surface area (Å²) in [5.41, 5.74) is 1.92. The predicted octanol–water partition coefficient (Wildman–Crippen LogP) is 4.32. The second kappa shape index (κ2) is 10.6. The Morgan fingerprint density at radius 3 is 2.81 bits per heavy atom. The van der Waals surface area contributed by atoms with E-state index in [2.05, 4.69) is 33.6 Å². The van der Waals surface area contributed by atoms with Crippen LogP contribution in [0, 0.1) is 18.8 Å². The first-order valence-corrected chi connectivity index (χ1v) is 9.99. The summed E-state index contributed by atoms with van der Waals surface area (Å²) in [6.45, 7) is 6.33. The van der Waals surface area contributed by atoms with Gasteiger partial charge in [0.25, 0.3) is 0 Å².